The zero-order chi connectivity index (χ0) is 14.1. The SMILES string of the molecule is CNc1nc(-c2ccc(N(C)C)cc2)nc2c1CCC2. The Kier molecular flexibility index (Phi) is 3.30. The van der Waals surface area contributed by atoms with Gasteiger partial charge in [-0.25, -0.2) is 9.97 Å². The van der Waals surface area contributed by atoms with E-state index in [2.05, 4.69) is 39.5 Å². The van der Waals surface area contributed by atoms with E-state index in [0.717, 1.165) is 30.0 Å². The van der Waals surface area contributed by atoms with Gasteiger partial charge in [-0.2, -0.15) is 0 Å². The van der Waals surface area contributed by atoms with Gasteiger partial charge in [0.15, 0.2) is 5.82 Å². The third-order valence-electron chi connectivity index (χ3n) is 3.81. The molecule has 20 heavy (non-hydrogen) atoms. The topological polar surface area (TPSA) is 41.1 Å². The second-order valence-electron chi connectivity index (χ2n) is 5.37. The smallest absolute Gasteiger partial charge is 0.161 e. The summed E-state index contributed by atoms with van der Waals surface area (Å²) in [5.74, 6) is 1.81. The fraction of sp³-hybridized carbons (Fsp3) is 0.375. The van der Waals surface area contributed by atoms with E-state index < -0.39 is 0 Å². The molecule has 0 fully saturated rings. The number of nitrogens with one attached hydrogen (secondary N) is 1. The van der Waals surface area contributed by atoms with E-state index in [4.69, 9.17) is 4.98 Å². The Labute approximate surface area is 119 Å². The van der Waals surface area contributed by atoms with Gasteiger partial charge in [0.05, 0.1) is 0 Å². The molecule has 3 rings (SSSR count). The van der Waals surface area contributed by atoms with Crippen molar-refractivity contribution in [3.8, 4) is 11.4 Å². The maximum atomic E-state index is 4.74. The van der Waals surface area contributed by atoms with Gasteiger partial charge in [0, 0.05) is 43.7 Å². The van der Waals surface area contributed by atoms with E-state index >= 15 is 0 Å². The van der Waals surface area contributed by atoms with Crippen LogP contribution in [0.5, 0.6) is 0 Å². The van der Waals surface area contributed by atoms with Crippen molar-refractivity contribution in [2.45, 2.75) is 19.3 Å². The van der Waals surface area contributed by atoms with Crippen LogP contribution in [0.4, 0.5) is 11.5 Å². The van der Waals surface area contributed by atoms with Crippen LogP contribution in [0, 0.1) is 0 Å². The lowest BCUT2D eigenvalue weighted by atomic mass is 10.1. The predicted octanol–water partition coefficient (Wildman–Crippen LogP) is 2.74. The number of benzene rings is 1. The van der Waals surface area contributed by atoms with Crippen LogP contribution in [0.3, 0.4) is 0 Å². The van der Waals surface area contributed by atoms with Gasteiger partial charge in [0.2, 0.25) is 0 Å². The van der Waals surface area contributed by atoms with E-state index in [1.165, 1.54) is 23.4 Å². The molecule has 0 aliphatic heterocycles. The highest BCUT2D eigenvalue weighted by molar-refractivity contribution is 5.63. The molecule has 0 bridgehead atoms. The summed E-state index contributed by atoms with van der Waals surface area (Å²) in [5, 5.41) is 3.21. The molecule has 1 aliphatic carbocycles. The second kappa shape index (κ2) is 5.12. The zero-order valence-corrected chi connectivity index (χ0v) is 12.3. The third kappa shape index (κ3) is 2.22. The number of nitrogens with zero attached hydrogens (tertiary/aromatic N) is 3. The predicted molar refractivity (Wildman–Crippen MR) is 83.4 cm³/mol. The monoisotopic (exact) mass is 268 g/mol. The van der Waals surface area contributed by atoms with Crippen LogP contribution in [-0.2, 0) is 12.8 Å². The van der Waals surface area contributed by atoms with E-state index in [1.807, 2.05) is 21.1 Å². The molecule has 4 nitrogen and oxygen atoms in total. The Balaban J connectivity index is 2.02. The van der Waals surface area contributed by atoms with Crippen LogP contribution >= 0.6 is 0 Å². The van der Waals surface area contributed by atoms with Gasteiger partial charge in [-0.05, 0) is 43.5 Å². The third-order valence-corrected chi connectivity index (χ3v) is 3.81. The fourth-order valence-corrected chi connectivity index (χ4v) is 2.68. The lowest BCUT2D eigenvalue weighted by Crippen LogP contribution is -2.08. The van der Waals surface area contributed by atoms with Gasteiger partial charge in [-0.3, -0.25) is 0 Å². The van der Waals surface area contributed by atoms with Crippen molar-refractivity contribution in [3.05, 3.63) is 35.5 Å². The first kappa shape index (κ1) is 12.9. The molecule has 0 saturated carbocycles. The van der Waals surface area contributed by atoms with E-state index in [0.29, 0.717) is 0 Å². The average Bonchev–Trinajstić information content (AvgIpc) is 2.94. The summed E-state index contributed by atoms with van der Waals surface area (Å²) >= 11 is 0. The highest BCUT2D eigenvalue weighted by Crippen LogP contribution is 2.29. The van der Waals surface area contributed by atoms with Gasteiger partial charge in [-0.15, -0.1) is 0 Å². The molecule has 0 saturated heterocycles. The summed E-state index contributed by atoms with van der Waals surface area (Å²) in [5.41, 5.74) is 4.75. The van der Waals surface area contributed by atoms with Crippen molar-refractivity contribution in [2.24, 2.45) is 0 Å². The first-order valence-electron chi connectivity index (χ1n) is 7.04. The van der Waals surface area contributed by atoms with Crippen LogP contribution in [-0.4, -0.2) is 31.1 Å². The minimum absolute atomic E-state index is 0.820. The molecule has 0 atom stereocenters. The average molecular weight is 268 g/mol. The Hall–Kier alpha value is -2.10. The number of rotatable bonds is 3. The van der Waals surface area contributed by atoms with Crippen molar-refractivity contribution in [1.82, 2.24) is 9.97 Å². The molecule has 1 heterocycles. The molecule has 4 heteroatoms. The summed E-state index contributed by atoms with van der Waals surface area (Å²) in [4.78, 5) is 11.5. The second-order valence-corrected chi connectivity index (χ2v) is 5.37. The van der Waals surface area contributed by atoms with Crippen molar-refractivity contribution < 1.29 is 0 Å². The van der Waals surface area contributed by atoms with Crippen molar-refractivity contribution in [3.63, 3.8) is 0 Å². The van der Waals surface area contributed by atoms with Crippen molar-refractivity contribution in [1.29, 1.82) is 0 Å². The molecular formula is C16H20N4. The fourth-order valence-electron chi connectivity index (χ4n) is 2.68. The molecule has 1 aromatic carbocycles. The molecule has 0 radical (unpaired) electrons. The highest BCUT2D eigenvalue weighted by Gasteiger charge is 2.19. The van der Waals surface area contributed by atoms with Crippen LogP contribution in [0.2, 0.25) is 0 Å². The zero-order valence-electron chi connectivity index (χ0n) is 12.3. The highest BCUT2D eigenvalue weighted by atomic mass is 15.1. The number of aromatic nitrogens is 2. The Morgan fingerprint density at radius 3 is 2.45 bits per heavy atom. The number of anilines is 2. The first-order valence-corrected chi connectivity index (χ1v) is 7.04. The molecule has 1 N–H and O–H groups in total. The lowest BCUT2D eigenvalue weighted by Gasteiger charge is -2.13. The van der Waals surface area contributed by atoms with E-state index in [-0.39, 0.29) is 0 Å². The van der Waals surface area contributed by atoms with Gasteiger partial charge in [-0.1, -0.05) is 0 Å². The van der Waals surface area contributed by atoms with Crippen molar-refractivity contribution in [2.75, 3.05) is 31.4 Å². The van der Waals surface area contributed by atoms with Gasteiger partial charge < -0.3 is 10.2 Å². The van der Waals surface area contributed by atoms with Crippen LogP contribution in [0.15, 0.2) is 24.3 Å². The molecule has 104 valence electrons. The normalized spacial score (nSPS) is 13.2. The van der Waals surface area contributed by atoms with Crippen LogP contribution in [0.25, 0.3) is 11.4 Å². The molecule has 2 aromatic rings. The minimum Gasteiger partial charge on any atom is -0.378 e. The number of aryl methyl sites for hydroxylation is 1. The maximum absolute atomic E-state index is 4.74. The largest absolute Gasteiger partial charge is 0.378 e. The van der Waals surface area contributed by atoms with Gasteiger partial charge in [0.1, 0.15) is 5.82 Å². The van der Waals surface area contributed by atoms with Crippen LogP contribution in [0.1, 0.15) is 17.7 Å². The Bertz CT molecular complexity index is 617. The summed E-state index contributed by atoms with van der Waals surface area (Å²) in [6, 6.07) is 8.38. The van der Waals surface area contributed by atoms with E-state index in [1.54, 1.807) is 0 Å². The molecule has 0 spiro atoms. The molecule has 0 unspecified atom stereocenters. The van der Waals surface area contributed by atoms with Gasteiger partial charge >= 0.3 is 0 Å². The summed E-state index contributed by atoms with van der Waals surface area (Å²) in [6.07, 6.45) is 3.34. The maximum Gasteiger partial charge on any atom is 0.161 e. The first-order chi connectivity index (χ1) is 9.69. The summed E-state index contributed by atoms with van der Waals surface area (Å²) < 4.78 is 0. The Morgan fingerprint density at radius 2 is 1.80 bits per heavy atom. The number of hydrogen-bond donors (Lipinski definition) is 1. The molecular weight excluding hydrogens is 248 g/mol. The standard InChI is InChI=1S/C16H20N4/c1-17-16-13-5-4-6-14(13)18-15(19-16)11-7-9-12(10-8-11)20(2)3/h7-10H,4-6H2,1-3H3,(H,17,18,19). The minimum atomic E-state index is 0.820. The Morgan fingerprint density at radius 1 is 1.05 bits per heavy atom. The van der Waals surface area contributed by atoms with Gasteiger partial charge in [0.25, 0.3) is 0 Å². The molecule has 1 aromatic heterocycles. The quantitative estimate of drug-likeness (QED) is 0.929. The lowest BCUT2D eigenvalue weighted by molar-refractivity contribution is 0.900. The number of fused-ring (bicyclic) bond motifs is 1. The molecule has 1 aliphatic rings. The van der Waals surface area contributed by atoms with E-state index in [9.17, 15) is 0 Å². The van der Waals surface area contributed by atoms with Crippen LogP contribution < -0.4 is 10.2 Å². The summed E-state index contributed by atoms with van der Waals surface area (Å²) in [7, 11) is 6.01. The summed E-state index contributed by atoms with van der Waals surface area (Å²) in [6.45, 7) is 0. The molecule has 0 amide bonds. The van der Waals surface area contributed by atoms with Crippen molar-refractivity contribution >= 4 is 11.5 Å². The number of hydrogen-bond acceptors (Lipinski definition) is 4.